The maximum Gasteiger partial charge on any atom is 0.158 e. The van der Waals surface area contributed by atoms with Gasteiger partial charge in [-0.25, -0.2) is 9.97 Å². The summed E-state index contributed by atoms with van der Waals surface area (Å²) in [6.07, 6.45) is 4.32. The van der Waals surface area contributed by atoms with Gasteiger partial charge < -0.3 is 15.7 Å². The fourth-order valence-electron chi connectivity index (χ4n) is 1.83. The fraction of sp³-hybridized carbons (Fsp3) is 0.500. The number of piperidine rings is 1. The van der Waals surface area contributed by atoms with Crippen LogP contribution < -0.4 is 10.6 Å². The van der Waals surface area contributed by atoms with E-state index in [2.05, 4.69) is 9.97 Å². The molecule has 2 heterocycles. The number of nitrogens with two attached hydrogens (primary N) is 1. The van der Waals surface area contributed by atoms with Crippen LogP contribution in [0.25, 0.3) is 0 Å². The molecule has 1 aromatic heterocycles. The van der Waals surface area contributed by atoms with Gasteiger partial charge in [-0.3, -0.25) is 5.41 Å². The summed E-state index contributed by atoms with van der Waals surface area (Å²) in [6, 6.07) is 0. The van der Waals surface area contributed by atoms with E-state index in [4.69, 9.17) is 11.1 Å². The minimum atomic E-state index is -0.228. The van der Waals surface area contributed by atoms with E-state index in [1.54, 1.807) is 6.20 Å². The molecule has 1 fully saturated rings. The van der Waals surface area contributed by atoms with Crippen molar-refractivity contribution in [3.05, 3.63) is 18.1 Å². The molecule has 0 atom stereocenters. The third kappa shape index (κ3) is 2.11. The molecule has 16 heavy (non-hydrogen) atoms. The highest BCUT2D eigenvalue weighted by molar-refractivity contribution is 5.97. The molecule has 0 bridgehead atoms. The van der Waals surface area contributed by atoms with Gasteiger partial charge in [0.05, 0.1) is 6.10 Å². The minimum absolute atomic E-state index is 0.0748. The third-order valence-corrected chi connectivity index (χ3v) is 2.70. The average Bonchev–Trinajstić information content (AvgIpc) is 2.30. The van der Waals surface area contributed by atoms with Crippen LogP contribution in [0.3, 0.4) is 0 Å². The Kier molecular flexibility index (Phi) is 3.00. The average molecular weight is 221 g/mol. The largest absolute Gasteiger partial charge is 0.393 e. The number of hydrogen-bond donors (Lipinski definition) is 3. The molecule has 4 N–H and O–H groups in total. The Morgan fingerprint density at radius 2 is 2.00 bits per heavy atom. The molecule has 1 saturated heterocycles. The first-order valence-corrected chi connectivity index (χ1v) is 5.27. The Labute approximate surface area is 93.6 Å². The van der Waals surface area contributed by atoms with Gasteiger partial charge in [-0.1, -0.05) is 0 Å². The predicted molar refractivity (Wildman–Crippen MR) is 60.5 cm³/mol. The number of nitrogen functional groups attached to an aromatic ring is 1. The van der Waals surface area contributed by atoms with E-state index in [0.29, 0.717) is 24.4 Å². The molecular formula is C10H15N5O. The maximum absolute atomic E-state index is 9.42. The second kappa shape index (κ2) is 4.44. The highest BCUT2D eigenvalue weighted by atomic mass is 16.3. The molecule has 0 unspecified atom stereocenters. The van der Waals surface area contributed by atoms with E-state index in [0.717, 1.165) is 13.1 Å². The highest BCUT2D eigenvalue weighted by Gasteiger charge is 2.21. The topological polar surface area (TPSA) is 99.1 Å². The van der Waals surface area contributed by atoms with Gasteiger partial charge in [0, 0.05) is 25.5 Å². The van der Waals surface area contributed by atoms with E-state index >= 15 is 0 Å². The molecule has 0 amide bonds. The SMILES string of the molecule is N=C(N)c1nccnc1N1CCC(O)CC1. The molecule has 0 radical (unpaired) electrons. The van der Waals surface area contributed by atoms with Crippen molar-refractivity contribution >= 4 is 11.7 Å². The molecule has 0 aliphatic carbocycles. The van der Waals surface area contributed by atoms with E-state index in [-0.39, 0.29) is 11.9 Å². The van der Waals surface area contributed by atoms with Gasteiger partial charge in [0.15, 0.2) is 5.82 Å². The van der Waals surface area contributed by atoms with Gasteiger partial charge in [-0.15, -0.1) is 0 Å². The van der Waals surface area contributed by atoms with Crippen molar-refractivity contribution in [1.29, 1.82) is 5.41 Å². The molecule has 0 aromatic carbocycles. The van der Waals surface area contributed by atoms with Crippen molar-refractivity contribution in [2.75, 3.05) is 18.0 Å². The van der Waals surface area contributed by atoms with Crippen molar-refractivity contribution in [3.63, 3.8) is 0 Å². The Hall–Kier alpha value is -1.69. The molecule has 1 aromatic rings. The third-order valence-electron chi connectivity index (χ3n) is 2.70. The van der Waals surface area contributed by atoms with Gasteiger partial charge in [0.1, 0.15) is 11.5 Å². The quantitative estimate of drug-likeness (QED) is 0.471. The number of nitrogens with one attached hydrogen (secondary N) is 1. The zero-order chi connectivity index (χ0) is 11.5. The lowest BCUT2D eigenvalue weighted by molar-refractivity contribution is 0.145. The van der Waals surface area contributed by atoms with Crippen LogP contribution in [-0.4, -0.2) is 40.1 Å². The van der Waals surface area contributed by atoms with Crippen molar-refractivity contribution in [2.24, 2.45) is 5.73 Å². The molecule has 0 saturated carbocycles. The van der Waals surface area contributed by atoms with Crippen LogP contribution in [0.4, 0.5) is 5.82 Å². The Balaban J connectivity index is 2.23. The Bertz CT molecular complexity index is 387. The number of amidine groups is 1. The fourth-order valence-corrected chi connectivity index (χ4v) is 1.83. The summed E-state index contributed by atoms with van der Waals surface area (Å²) in [6.45, 7) is 1.44. The first-order valence-electron chi connectivity index (χ1n) is 5.27. The van der Waals surface area contributed by atoms with Crippen LogP contribution in [0.1, 0.15) is 18.5 Å². The van der Waals surface area contributed by atoms with Gasteiger partial charge in [0.2, 0.25) is 0 Å². The van der Waals surface area contributed by atoms with Crippen molar-refractivity contribution in [1.82, 2.24) is 9.97 Å². The summed E-state index contributed by atoms with van der Waals surface area (Å²) in [5.74, 6) is 0.566. The first kappa shape index (κ1) is 10.8. The number of aliphatic hydroxyl groups excluding tert-OH is 1. The predicted octanol–water partition coefficient (Wildman–Crippen LogP) is -0.278. The number of aromatic nitrogens is 2. The lowest BCUT2D eigenvalue weighted by atomic mass is 10.1. The molecule has 1 aliphatic rings. The molecule has 6 nitrogen and oxygen atoms in total. The lowest BCUT2D eigenvalue weighted by Crippen LogP contribution is -2.37. The summed E-state index contributed by atoms with van der Waals surface area (Å²) in [7, 11) is 0. The van der Waals surface area contributed by atoms with Crippen LogP contribution >= 0.6 is 0 Å². The Morgan fingerprint density at radius 1 is 1.38 bits per heavy atom. The molecule has 2 rings (SSSR count). The first-order chi connectivity index (χ1) is 7.68. The Morgan fingerprint density at radius 3 is 2.62 bits per heavy atom. The van der Waals surface area contributed by atoms with Crippen LogP contribution in [0.2, 0.25) is 0 Å². The zero-order valence-corrected chi connectivity index (χ0v) is 8.93. The van der Waals surface area contributed by atoms with Crippen molar-refractivity contribution < 1.29 is 5.11 Å². The lowest BCUT2D eigenvalue weighted by Gasteiger charge is -2.31. The van der Waals surface area contributed by atoms with E-state index in [1.165, 1.54) is 6.20 Å². The molecule has 6 heteroatoms. The molecular weight excluding hydrogens is 206 g/mol. The summed E-state index contributed by atoms with van der Waals surface area (Å²) < 4.78 is 0. The van der Waals surface area contributed by atoms with Crippen molar-refractivity contribution in [2.45, 2.75) is 18.9 Å². The van der Waals surface area contributed by atoms with E-state index < -0.39 is 0 Å². The molecule has 1 aliphatic heterocycles. The monoisotopic (exact) mass is 221 g/mol. The highest BCUT2D eigenvalue weighted by Crippen LogP contribution is 2.19. The second-order valence-electron chi connectivity index (χ2n) is 3.86. The summed E-state index contributed by atoms with van der Waals surface area (Å²) >= 11 is 0. The molecule has 0 spiro atoms. The van der Waals surface area contributed by atoms with E-state index in [1.807, 2.05) is 4.90 Å². The van der Waals surface area contributed by atoms with Gasteiger partial charge in [0.25, 0.3) is 0 Å². The summed E-state index contributed by atoms with van der Waals surface area (Å²) in [5.41, 5.74) is 5.87. The van der Waals surface area contributed by atoms with E-state index in [9.17, 15) is 5.11 Å². The summed E-state index contributed by atoms with van der Waals surface area (Å²) in [4.78, 5) is 10.3. The number of anilines is 1. The maximum atomic E-state index is 9.42. The zero-order valence-electron chi connectivity index (χ0n) is 8.93. The smallest absolute Gasteiger partial charge is 0.158 e. The van der Waals surface area contributed by atoms with Crippen molar-refractivity contribution in [3.8, 4) is 0 Å². The summed E-state index contributed by atoms with van der Waals surface area (Å²) in [5, 5.41) is 16.9. The van der Waals surface area contributed by atoms with Gasteiger partial charge in [-0.05, 0) is 12.8 Å². The molecule has 86 valence electrons. The van der Waals surface area contributed by atoms with Crippen LogP contribution in [-0.2, 0) is 0 Å². The minimum Gasteiger partial charge on any atom is -0.393 e. The van der Waals surface area contributed by atoms with Crippen LogP contribution in [0, 0.1) is 5.41 Å². The normalized spacial score (nSPS) is 17.4. The number of rotatable bonds is 2. The van der Waals surface area contributed by atoms with Gasteiger partial charge >= 0.3 is 0 Å². The number of nitrogens with zero attached hydrogens (tertiary/aromatic N) is 3. The standard InChI is InChI=1S/C10H15N5O/c11-9(12)8-10(14-4-3-13-8)15-5-1-7(16)2-6-15/h3-4,7,16H,1-2,5-6H2,(H3,11,12). The van der Waals surface area contributed by atoms with Gasteiger partial charge in [-0.2, -0.15) is 0 Å². The van der Waals surface area contributed by atoms with Crippen LogP contribution in [0.15, 0.2) is 12.4 Å². The second-order valence-corrected chi connectivity index (χ2v) is 3.86. The number of aliphatic hydroxyl groups is 1. The number of hydrogen-bond acceptors (Lipinski definition) is 5. The van der Waals surface area contributed by atoms with Crippen LogP contribution in [0.5, 0.6) is 0 Å².